The summed E-state index contributed by atoms with van der Waals surface area (Å²) in [7, 11) is 0. The molecule has 0 amide bonds. The second-order valence-corrected chi connectivity index (χ2v) is 4.80. The van der Waals surface area contributed by atoms with Crippen molar-refractivity contribution in [3.8, 4) is 0 Å². The molecule has 0 heterocycles. The summed E-state index contributed by atoms with van der Waals surface area (Å²) in [5, 5.41) is 11.2. The van der Waals surface area contributed by atoms with Crippen molar-refractivity contribution in [2.75, 3.05) is 0 Å². The van der Waals surface area contributed by atoms with Gasteiger partial charge in [-0.25, -0.2) is 0 Å². The molecule has 1 aliphatic rings. The molecule has 2 nitrogen and oxygen atoms in total. The van der Waals surface area contributed by atoms with E-state index in [4.69, 9.17) is 28.9 Å². The number of rotatable bonds is 0. The maximum Gasteiger partial charge on any atom is 0.0944 e. The number of fused-ring (bicyclic) bond motifs is 1. The van der Waals surface area contributed by atoms with Gasteiger partial charge in [0, 0.05) is 16.1 Å². The van der Waals surface area contributed by atoms with Gasteiger partial charge in [-0.15, -0.1) is 0 Å². The molecule has 0 radical (unpaired) electrons. The largest absolute Gasteiger partial charge is 0.387 e. The van der Waals surface area contributed by atoms with Crippen LogP contribution in [0.15, 0.2) is 12.1 Å². The van der Waals surface area contributed by atoms with E-state index in [1.807, 2.05) is 0 Å². The van der Waals surface area contributed by atoms with Crippen molar-refractivity contribution in [2.24, 2.45) is 5.73 Å². The Balaban J connectivity index is 2.53. The van der Waals surface area contributed by atoms with Gasteiger partial charge in [0.15, 0.2) is 0 Å². The Hall–Kier alpha value is -0.280. The zero-order chi connectivity index (χ0) is 11.0. The standard InChI is InChI=1S/C11H13Cl2NO/c12-6-4-8-7(9(13)5-6)2-1-3-10(14)11(8)15/h4-5,10-11,15H,1-3,14H2/t10-,11+/m1/s1. The molecule has 3 N–H and O–H groups in total. The highest BCUT2D eigenvalue weighted by Crippen LogP contribution is 2.34. The average molecular weight is 246 g/mol. The normalized spacial score (nSPS) is 25.9. The third kappa shape index (κ3) is 2.13. The molecule has 4 heteroatoms. The molecule has 2 atom stereocenters. The Kier molecular flexibility index (Phi) is 3.21. The highest BCUT2D eigenvalue weighted by Gasteiger charge is 2.24. The topological polar surface area (TPSA) is 46.2 Å². The van der Waals surface area contributed by atoms with Crippen molar-refractivity contribution in [3.63, 3.8) is 0 Å². The lowest BCUT2D eigenvalue weighted by molar-refractivity contribution is 0.144. The Bertz CT molecular complexity index is 381. The van der Waals surface area contributed by atoms with E-state index in [2.05, 4.69) is 0 Å². The van der Waals surface area contributed by atoms with E-state index in [-0.39, 0.29) is 6.04 Å². The lowest BCUT2D eigenvalue weighted by Crippen LogP contribution is -2.27. The molecule has 0 fully saturated rings. The minimum atomic E-state index is -0.654. The number of halogens is 2. The van der Waals surface area contributed by atoms with Crippen LogP contribution in [0.3, 0.4) is 0 Å². The van der Waals surface area contributed by atoms with E-state index >= 15 is 0 Å². The summed E-state index contributed by atoms with van der Waals surface area (Å²) in [6.07, 6.45) is 1.96. The van der Waals surface area contributed by atoms with Crippen LogP contribution < -0.4 is 5.73 Å². The van der Waals surface area contributed by atoms with Crippen LogP contribution in [0, 0.1) is 0 Å². The van der Waals surface area contributed by atoms with Crippen molar-refractivity contribution >= 4 is 23.2 Å². The lowest BCUT2D eigenvalue weighted by Gasteiger charge is -2.18. The second kappa shape index (κ2) is 4.30. The van der Waals surface area contributed by atoms with Crippen molar-refractivity contribution in [1.82, 2.24) is 0 Å². The molecule has 1 aromatic carbocycles. The summed E-state index contributed by atoms with van der Waals surface area (Å²) in [6.45, 7) is 0. The summed E-state index contributed by atoms with van der Waals surface area (Å²) < 4.78 is 0. The number of hydrogen-bond acceptors (Lipinski definition) is 2. The number of nitrogens with two attached hydrogens (primary N) is 1. The molecule has 0 bridgehead atoms. The van der Waals surface area contributed by atoms with Crippen LogP contribution in [0.4, 0.5) is 0 Å². The number of hydrogen-bond donors (Lipinski definition) is 2. The molecule has 0 unspecified atom stereocenters. The van der Waals surface area contributed by atoms with E-state index < -0.39 is 6.10 Å². The highest BCUT2D eigenvalue weighted by atomic mass is 35.5. The molecule has 2 rings (SSSR count). The van der Waals surface area contributed by atoms with E-state index in [1.54, 1.807) is 12.1 Å². The van der Waals surface area contributed by atoms with Gasteiger partial charge in [0.05, 0.1) is 6.10 Å². The molecule has 1 aromatic rings. The van der Waals surface area contributed by atoms with Crippen LogP contribution in [-0.4, -0.2) is 11.1 Å². The summed E-state index contributed by atoms with van der Waals surface area (Å²) in [6, 6.07) is 3.25. The van der Waals surface area contributed by atoms with Gasteiger partial charge in [0.25, 0.3) is 0 Å². The first-order valence-corrected chi connectivity index (χ1v) is 5.76. The van der Waals surface area contributed by atoms with Crippen molar-refractivity contribution < 1.29 is 5.11 Å². The predicted molar refractivity (Wildman–Crippen MR) is 62.3 cm³/mol. The molecule has 0 aliphatic heterocycles. The van der Waals surface area contributed by atoms with Gasteiger partial charge in [0.1, 0.15) is 0 Å². The van der Waals surface area contributed by atoms with E-state index in [9.17, 15) is 5.11 Å². The van der Waals surface area contributed by atoms with Crippen LogP contribution >= 0.6 is 23.2 Å². The summed E-state index contributed by atoms with van der Waals surface area (Å²) in [4.78, 5) is 0. The first kappa shape index (κ1) is 11.2. The number of aliphatic hydroxyl groups excluding tert-OH is 1. The van der Waals surface area contributed by atoms with E-state index in [0.717, 1.165) is 30.4 Å². The maximum atomic E-state index is 10.0. The van der Waals surface area contributed by atoms with E-state index in [0.29, 0.717) is 10.0 Å². The van der Waals surface area contributed by atoms with Crippen LogP contribution in [-0.2, 0) is 6.42 Å². The fourth-order valence-corrected chi connectivity index (χ4v) is 2.66. The summed E-state index contributed by atoms with van der Waals surface area (Å²) in [5.74, 6) is 0. The van der Waals surface area contributed by atoms with Gasteiger partial charge in [-0.05, 0) is 42.5 Å². The third-order valence-corrected chi connectivity index (χ3v) is 3.44. The number of aliphatic hydroxyl groups is 1. The fourth-order valence-electron chi connectivity index (χ4n) is 2.05. The molecule has 0 saturated heterocycles. The van der Waals surface area contributed by atoms with Gasteiger partial charge in [-0.3, -0.25) is 0 Å². The third-order valence-electron chi connectivity index (χ3n) is 2.88. The SMILES string of the molecule is N[C@@H]1CCCc2c(Cl)cc(Cl)cc2[C@@H]1O. The van der Waals surface area contributed by atoms with Crippen molar-refractivity contribution in [1.29, 1.82) is 0 Å². The van der Waals surface area contributed by atoms with Gasteiger partial charge in [0.2, 0.25) is 0 Å². The minimum Gasteiger partial charge on any atom is -0.387 e. The molecule has 0 spiro atoms. The first-order chi connectivity index (χ1) is 7.09. The quantitative estimate of drug-likeness (QED) is 0.691. The molecule has 0 saturated carbocycles. The first-order valence-electron chi connectivity index (χ1n) is 5.01. The zero-order valence-corrected chi connectivity index (χ0v) is 9.72. The summed E-state index contributed by atoms with van der Waals surface area (Å²) >= 11 is 12.0. The molecule has 1 aliphatic carbocycles. The minimum absolute atomic E-state index is 0.221. The van der Waals surface area contributed by atoms with Gasteiger partial charge in [-0.1, -0.05) is 23.2 Å². The van der Waals surface area contributed by atoms with Crippen LogP contribution in [0.5, 0.6) is 0 Å². The fraction of sp³-hybridized carbons (Fsp3) is 0.455. The Morgan fingerprint density at radius 3 is 2.80 bits per heavy atom. The van der Waals surface area contributed by atoms with Gasteiger partial charge < -0.3 is 10.8 Å². The predicted octanol–water partition coefficient (Wildman–Crippen LogP) is 2.69. The van der Waals surface area contributed by atoms with Crippen LogP contribution in [0.2, 0.25) is 10.0 Å². The van der Waals surface area contributed by atoms with E-state index in [1.165, 1.54) is 0 Å². The number of benzene rings is 1. The molecule has 0 aromatic heterocycles. The van der Waals surface area contributed by atoms with Crippen LogP contribution in [0.25, 0.3) is 0 Å². The van der Waals surface area contributed by atoms with Crippen molar-refractivity contribution in [3.05, 3.63) is 33.3 Å². The second-order valence-electron chi connectivity index (χ2n) is 3.96. The monoisotopic (exact) mass is 245 g/mol. The smallest absolute Gasteiger partial charge is 0.0944 e. The maximum absolute atomic E-state index is 10.0. The zero-order valence-electron chi connectivity index (χ0n) is 8.21. The average Bonchev–Trinajstić information content (AvgIpc) is 2.30. The van der Waals surface area contributed by atoms with Crippen molar-refractivity contribution in [2.45, 2.75) is 31.4 Å². The van der Waals surface area contributed by atoms with Crippen LogP contribution in [0.1, 0.15) is 30.1 Å². The van der Waals surface area contributed by atoms with Gasteiger partial charge >= 0.3 is 0 Å². The Morgan fingerprint density at radius 2 is 2.07 bits per heavy atom. The highest BCUT2D eigenvalue weighted by molar-refractivity contribution is 6.35. The summed E-state index contributed by atoms with van der Waals surface area (Å²) in [5.41, 5.74) is 7.63. The molecular weight excluding hydrogens is 233 g/mol. The van der Waals surface area contributed by atoms with Gasteiger partial charge in [-0.2, -0.15) is 0 Å². The Labute approximate surface area is 99.0 Å². The lowest BCUT2D eigenvalue weighted by atomic mass is 9.99. The molecule has 82 valence electrons. The molecular formula is C11H13Cl2NO. The Morgan fingerprint density at radius 1 is 1.33 bits per heavy atom. The molecule has 15 heavy (non-hydrogen) atoms.